The van der Waals surface area contributed by atoms with Gasteiger partial charge in [-0.25, -0.2) is 0 Å². The van der Waals surface area contributed by atoms with Crippen LogP contribution in [-0.2, 0) is 25.6 Å². The van der Waals surface area contributed by atoms with Gasteiger partial charge in [0.05, 0.1) is 19.6 Å². The quantitative estimate of drug-likeness (QED) is 0.656. The van der Waals surface area contributed by atoms with Crippen LogP contribution in [0.25, 0.3) is 0 Å². The lowest BCUT2D eigenvalue weighted by Crippen LogP contribution is -2.40. The zero-order valence-corrected chi connectivity index (χ0v) is 13.6. The highest BCUT2D eigenvalue weighted by Gasteiger charge is 2.23. The molecule has 0 aliphatic carbocycles. The lowest BCUT2D eigenvalue weighted by molar-refractivity contribution is -0.151. The molecule has 5 heteroatoms. The second kappa shape index (κ2) is 9.95. The third-order valence-corrected chi connectivity index (χ3v) is 3.31. The molecule has 122 valence electrons. The Bertz CT molecular complexity index is 461. The highest BCUT2D eigenvalue weighted by Crippen LogP contribution is 2.11. The van der Waals surface area contributed by atoms with E-state index in [1.807, 2.05) is 35.2 Å². The fourth-order valence-corrected chi connectivity index (χ4v) is 2.11. The first-order valence-corrected chi connectivity index (χ1v) is 7.68. The molecule has 0 aliphatic rings. The minimum Gasteiger partial charge on any atom is -0.466 e. The van der Waals surface area contributed by atoms with Crippen LogP contribution in [-0.4, -0.2) is 42.6 Å². The predicted octanol–water partition coefficient (Wildman–Crippen LogP) is 2.39. The van der Waals surface area contributed by atoms with Gasteiger partial charge < -0.3 is 9.47 Å². The van der Waals surface area contributed by atoms with Gasteiger partial charge in [-0.1, -0.05) is 30.3 Å². The topological polar surface area (TPSA) is 55.8 Å². The van der Waals surface area contributed by atoms with Crippen LogP contribution in [0.2, 0.25) is 0 Å². The minimum absolute atomic E-state index is 0.253. The molecule has 1 aromatic rings. The summed E-state index contributed by atoms with van der Waals surface area (Å²) in [4.78, 5) is 25.5. The molecule has 0 aromatic heterocycles. The molecule has 0 saturated carbocycles. The number of ether oxygens (including phenoxy) is 2. The smallest absolute Gasteiger partial charge is 0.323 e. The fraction of sp³-hybridized carbons (Fsp3) is 0.529. The van der Waals surface area contributed by atoms with Crippen molar-refractivity contribution in [1.29, 1.82) is 0 Å². The number of nitrogens with zero attached hydrogens (tertiary/aromatic N) is 1. The number of esters is 2. The molecule has 1 aromatic carbocycles. The van der Waals surface area contributed by atoms with Gasteiger partial charge >= 0.3 is 11.9 Å². The number of carbonyl (C=O) groups is 2. The van der Waals surface area contributed by atoms with Crippen molar-refractivity contribution < 1.29 is 19.1 Å². The van der Waals surface area contributed by atoms with Gasteiger partial charge in [0.1, 0.15) is 6.04 Å². The van der Waals surface area contributed by atoms with Gasteiger partial charge in [-0.2, -0.15) is 0 Å². The molecule has 0 N–H and O–H groups in total. The maximum atomic E-state index is 12.0. The summed E-state index contributed by atoms with van der Waals surface area (Å²) >= 11 is 0. The van der Waals surface area contributed by atoms with E-state index in [4.69, 9.17) is 9.47 Å². The van der Waals surface area contributed by atoms with E-state index in [1.165, 1.54) is 0 Å². The van der Waals surface area contributed by atoms with Gasteiger partial charge in [-0.15, -0.1) is 0 Å². The monoisotopic (exact) mass is 307 g/mol. The number of rotatable bonds is 9. The van der Waals surface area contributed by atoms with Crippen LogP contribution in [0.5, 0.6) is 0 Å². The molecule has 0 fully saturated rings. The molecule has 0 heterocycles. The number of carbonyl (C=O) groups excluding carboxylic acids is 2. The van der Waals surface area contributed by atoms with Crippen LogP contribution < -0.4 is 0 Å². The van der Waals surface area contributed by atoms with Crippen molar-refractivity contribution in [3.63, 3.8) is 0 Å². The number of benzene rings is 1. The molecule has 1 rings (SSSR count). The van der Waals surface area contributed by atoms with Crippen molar-refractivity contribution >= 4 is 11.9 Å². The highest BCUT2D eigenvalue weighted by atomic mass is 16.5. The molecule has 0 unspecified atom stereocenters. The summed E-state index contributed by atoms with van der Waals surface area (Å²) in [6, 6.07) is 9.43. The lowest BCUT2D eigenvalue weighted by Gasteiger charge is -2.27. The van der Waals surface area contributed by atoms with E-state index in [0.717, 1.165) is 5.56 Å². The zero-order chi connectivity index (χ0) is 16.4. The second-order valence-electron chi connectivity index (χ2n) is 4.94. The van der Waals surface area contributed by atoms with Crippen LogP contribution in [0.3, 0.4) is 0 Å². The summed E-state index contributed by atoms with van der Waals surface area (Å²) in [6.45, 7) is 7.11. The molecule has 0 spiro atoms. The Morgan fingerprint density at radius 2 is 1.73 bits per heavy atom. The Morgan fingerprint density at radius 3 is 2.32 bits per heavy atom. The van der Waals surface area contributed by atoms with Crippen molar-refractivity contribution in [3.05, 3.63) is 35.9 Å². The van der Waals surface area contributed by atoms with Crippen LogP contribution in [0.1, 0.15) is 32.8 Å². The minimum atomic E-state index is -0.408. The van der Waals surface area contributed by atoms with Crippen LogP contribution in [0.15, 0.2) is 30.3 Å². The Hall–Kier alpha value is -1.88. The molecular formula is C17H25NO4. The lowest BCUT2D eigenvalue weighted by atomic mass is 10.1. The van der Waals surface area contributed by atoms with E-state index in [-0.39, 0.29) is 18.4 Å². The van der Waals surface area contributed by atoms with Gasteiger partial charge in [0.15, 0.2) is 0 Å². The third kappa shape index (κ3) is 6.26. The van der Waals surface area contributed by atoms with E-state index in [0.29, 0.717) is 26.3 Å². The number of hydrogen-bond donors (Lipinski definition) is 0. The first kappa shape index (κ1) is 18.2. The van der Waals surface area contributed by atoms with Gasteiger partial charge in [0.25, 0.3) is 0 Å². The first-order valence-electron chi connectivity index (χ1n) is 7.68. The normalized spacial score (nSPS) is 12.0. The summed E-state index contributed by atoms with van der Waals surface area (Å²) in [5, 5.41) is 0. The summed E-state index contributed by atoms with van der Waals surface area (Å²) in [5.74, 6) is -0.529. The van der Waals surface area contributed by atoms with E-state index < -0.39 is 6.04 Å². The third-order valence-electron chi connectivity index (χ3n) is 3.31. The fourth-order valence-electron chi connectivity index (χ4n) is 2.11. The van der Waals surface area contributed by atoms with Crippen molar-refractivity contribution in [1.82, 2.24) is 4.90 Å². The van der Waals surface area contributed by atoms with Gasteiger partial charge in [-0.3, -0.25) is 14.5 Å². The standard InChI is InChI=1S/C17H25NO4/c1-4-21-16(19)11-12-18(14(3)17(20)22-5-2)13-15-9-7-6-8-10-15/h6-10,14H,4-5,11-13H2,1-3H3/t14-/m0/s1. The zero-order valence-electron chi connectivity index (χ0n) is 13.6. The van der Waals surface area contributed by atoms with Crippen LogP contribution in [0.4, 0.5) is 0 Å². The molecule has 5 nitrogen and oxygen atoms in total. The molecule has 0 aliphatic heterocycles. The van der Waals surface area contributed by atoms with Crippen LogP contribution >= 0.6 is 0 Å². The SMILES string of the molecule is CCOC(=O)CCN(Cc1ccccc1)[C@@H](C)C(=O)OCC. The Balaban J connectivity index is 2.71. The summed E-state index contributed by atoms with van der Waals surface area (Å²) < 4.78 is 10.0. The molecule has 0 radical (unpaired) electrons. The second-order valence-corrected chi connectivity index (χ2v) is 4.94. The highest BCUT2D eigenvalue weighted by molar-refractivity contribution is 5.75. The van der Waals surface area contributed by atoms with E-state index in [9.17, 15) is 9.59 Å². The van der Waals surface area contributed by atoms with Crippen molar-refractivity contribution in [2.45, 2.75) is 39.8 Å². The van der Waals surface area contributed by atoms with Gasteiger partial charge in [-0.05, 0) is 26.3 Å². The summed E-state index contributed by atoms with van der Waals surface area (Å²) in [6.07, 6.45) is 0.254. The van der Waals surface area contributed by atoms with Crippen molar-refractivity contribution in [3.8, 4) is 0 Å². The van der Waals surface area contributed by atoms with Crippen molar-refractivity contribution in [2.75, 3.05) is 19.8 Å². The Kier molecular flexibility index (Phi) is 8.22. The largest absolute Gasteiger partial charge is 0.466 e. The van der Waals surface area contributed by atoms with Crippen molar-refractivity contribution in [2.24, 2.45) is 0 Å². The first-order chi connectivity index (χ1) is 10.6. The van der Waals surface area contributed by atoms with E-state index >= 15 is 0 Å². The Morgan fingerprint density at radius 1 is 1.09 bits per heavy atom. The average molecular weight is 307 g/mol. The van der Waals surface area contributed by atoms with E-state index in [1.54, 1.807) is 20.8 Å². The predicted molar refractivity (Wildman–Crippen MR) is 84.2 cm³/mol. The molecule has 0 amide bonds. The summed E-state index contributed by atoms with van der Waals surface area (Å²) in [7, 11) is 0. The van der Waals surface area contributed by atoms with E-state index in [2.05, 4.69) is 0 Å². The molecule has 22 heavy (non-hydrogen) atoms. The van der Waals surface area contributed by atoms with Crippen LogP contribution in [0, 0.1) is 0 Å². The molecule has 0 saturated heterocycles. The Labute approximate surface area is 132 Å². The maximum absolute atomic E-state index is 12.0. The molecule has 1 atom stereocenters. The molecular weight excluding hydrogens is 282 g/mol. The van der Waals surface area contributed by atoms with Gasteiger partial charge in [0.2, 0.25) is 0 Å². The maximum Gasteiger partial charge on any atom is 0.323 e. The summed E-state index contributed by atoms with van der Waals surface area (Å²) in [5.41, 5.74) is 1.09. The average Bonchev–Trinajstić information content (AvgIpc) is 2.52. The van der Waals surface area contributed by atoms with Gasteiger partial charge in [0, 0.05) is 13.1 Å². The number of hydrogen-bond acceptors (Lipinski definition) is 5. The molecule has 0 bridgehead atoms.